The highest BCUT2D eigenvalue weighted by atomic mass is 32.2. The molecule has 3 heterocycles. The van der Waals surface area contributed by atoms with Gasteiger partial charge < -0.3 is 10.1 Å². The lowest BCUT2D eigenvalue weighted by atomic mass is 9.79. The lowest BCUT2D eigenvalue weighted by Gasteiger charge is -2.34. The third-order valence-corrected chi connectivity index (χ3v) is 9.73. The quantitative estimate of drug-likeness (QED) is 0.165. The molecular formula is C31H31F2N5O4S. The number of benzene rings is 1. The van der Waals surface area contributed by atoms with Gasteiger partial charge in [0.15, 0.2) is 17.3 Å². The van der Waals surface area contributed by atoms with E-state index in [9.17, 15) is 17.6 Å². The van der Waals surface area contributed by atoms with Gasteiger partial charge in [0.25, 0.3) is 10.0 Å². The summed E-state index contributed by atoms with van der Waals surface area (Å²) in [5, 5.41) is 3.18. The van der Waals surface area contributed by atoms with Crippen LogP contribution in [0.5, 0.6) is 0 Å². The molecule has 1 saturated carbocycles. The average Bonchev–Trinajstić information content (AvgIpc) is 3.58. The molecule has 0 radical (unpaired) electrons. The highest BCUT2D eigenvalue weighted by Gasteiger charge is 2.39. The highest BCUT2D eigenvalue weighted by molar-refractivity contribution is 7.90. The number of fused-ring (bicyclic) bond motifs is 1. The summed E-state index contributed by atoms with van der Waals surface area (Å²) in [4.78, 5) is 24.4. The smallest absolute Gasteiger partial charge is 0.307 e. The van der Waals surface area contributed by atoms with Crippen LogP contribution in [0, 0.1) is 30.5 Å². The molecule has 43 heavy (non-hydrogen) atoms. The first-order valence-corrected chi connectivity index (χ1v) is 15.4. The van der Waals surface area contributed by atoms with Crippen molar-refractivity contribution in [3.05, 3.63) is 77.4 Å². The van der Waals surface area contributed by atoms with Crippen molar-refractivity contribution in [2.75, 3.05) is 11.9 Å². The molecule has 5 rings (SSSR count). The summed E-state index contributed by atoms with van der Waals surface area (Å²) in [5.74, 6) is -2.19. The van der Waals surface area contributed by atoms with Crippen LogP contribution in [0.1, 0.15) is 51.5 Å². The zero-order chi connectivity index (χ0) is 30.9. The van der Waals surface area contributed by atoms with Crippen LogP contribution in [0.25, 0.3) is 27.1 Å². The van der Waals surface area contributed by atoms with E-state index in [2.05, 4.69) is 20.1 Å². The summed E-state index contributed by atoms with van der Waals surface area (Å²) in [6.07, 6.45) is 5.65. The maximum Gasteiger partial charge on any atom is 0.307 e. The van der Waals surface area contributed by atoms with Crippen molar-refractivity contribution in [2.45, 2.75) is 63.8 Å². The number of aryl methyl sites for hydroxylation is 1. The Kier molecular flexibility index (Phi) is 8.21. The van der Waals surface area contributed by atoms with Gasteiger partial charge in [-0.05, 0) is 56.4 Å². The molecule has 0 spiro atoms. The minimum Gasteiger partial charge on any atom is -0.466 e. The molecule has 0 unspecified atom stereocenters. The first kappa shape index (κ1) is 30.1. The van der Waals surface area contributed by atoms with E-state index < -0.39 is 33.7 Å². The van der Waals surface area contributed by atoms with Crippen molar-refractivity contribution in [1.29, 1.82) is 0 Å². The van der Waals surface area contributed by atoms with Gasteiger partial charge in [-0.3, -0.25) is 4.79 Å². The lowest BCUT2D eigenvalue weighted by Crippen LogP contribution is -2.39. The fourth-order valence-electron chi connectivity index (χ4n) is 5.67. The fourth-order valence-corrected chi connectivity index (χ4v) is 6.99. The van der Waals surface area contributed by atoms with E-state index >= 15 is 4.39 Å². The molecule has 0 aliphatic heterocycles. The van der Waals surface area contributed by atoms with Crippen LogP contribution >= 0.6 is 0 Å². The van der Waals surface area contributed by atoms with Gasteiger partial charge >= 0.3 is 5.97 Å². The van der Waals surface area contributed by atoms with Gasteiger partial charge in [-0.25, -0.2) is 36.0 Å². The number of anilines is 1. The molecule has 4 aromatic rings. The molecule has 0 amide bonds. The van der Waals surface area contributed by atoms with Crippen molar-refractivity contribution in [3.63, 3.8) is 0 Å². The normalized spacial score (nSPS) is 15.3. The summed E-state index contributed by atoms with van der Waals surface area (Å²) in [5.41, 5.74) is 0.272. The van der Waals surface area contributed by atoms with Crippen LogP contribution in [0.4, 0.5) is 20.3 Å². The number of esters is 1. The predicted octanol–water partition coefficient (Wildman–Crippen LogP) is 6.79. The van der Waals surface area contributed by atoms with Crippen molar-refractivity contribution < 1.29 is 26.7 Å². The van der Waals surface area contributed by atoms with Crippen molar-refractivity contribution in [1.82, 2.24) is 13.9 Å². The molecule has 1 N–H and O–H groups in total. The Balaban J connectivity index is 1.66. The number of hydrogen-bond donors (Lipinski definition) is 1. The van der Waals surface area contributed by atoms with E-state index in [1.807, 2.05) is 13.8 Å². The van der Waals surface area contributed by atoms with Gasteiger partial charge in [0.1, 0.15) is 5.82 Å². The molecule has 1 atom stereocenters. The van der Waals surface area contributed by atoms with Gasteiger partial charge in [-0.2, -0.15) is 0 Å². The molecule has 1 aromatic carbocycles. The van der Waals surface area contributed by atoms with E-state index in [1.54, 1.807) is 19.1 Å². The number of halogens is 2. The van der Waals surface area contributed by atoms with Crippen LogP contribution in [-0.2, 0) is 19.6 Å². The van der Waals surface area contributed by atoms with Gasteiger partial charge in [0.05, 0.1) is 36.4 Å². The summed E-state index contributed by atoms with van der Waals surface area (Å²) in [6.45, 7) is 13.5. The SMILES string of the molecule is [C-]#[N+]c1cc(F)c(N[C@H](CC(=O)OCC)C2(C)CCCC2)nc1-c1cn(S(=O)(=O)c2ccc(C)cc2)c2ncc(F)cc12. The molecule has 224 valence electrons. The van der Waals surface area contributed by atoms with Crippen molar-refractivity contribution in [3.8, 4) is 11.3 Å². The molecule has 12 heteroatoms. The Morgan fingerprint density at radius 3 is 2.56 bits per heavy atom. The standard InChI is InChI=1S/C31H31F2N5O4S/c1-5-42-27(39)16-26(31(3)12-6-7-13-31)36-29-24(33)15-25(34-4)28(37-29)23-18-38(30-22(23)14-20(32)17-35-30)43(40,41)21-10-8-19(2)9-11-21/h8-11,14-15,17-18,26H,5-7,12-13,16H2,1-3H3,(H,36,37)/t26-/m1/s1. The molecule has 9 nitrogen and oxygen atoms in total. The second kappa shape index (κ2) is 11.7. The second-order valence-electron chi connectivity index (χ2n) is 11.0. The first-order valence-electron chi connectivity index (χ1n) is 14.0. The van der Waals surface area contributed by atoms with E-state index in [-0.39, 0.29) is 57.1 Å². The number of carbonyl (C=O) groups is 1. The minimum atomic E-state index is -4.19. The molecule has 0 bridgehead atoms. The van der Waals surface area contributed by atoms with Gasteiger partial charge in [0.2, 0.25) is 5.69 Å². The number of hydrogen-bond acceptors (Lipinski definition) is 7. The molecule has 3 aromatic heterocycles. The molecule has 0 saturated heterocycles. The molecular weight excluding hydrogens is 576 g/mol. The van der Waals surface area contributed by atoms with E-state index in [4.69, 9.17) is 11.3 Å². The number of carbonyl (C=O) groups excluding carboxylic acids is 1. The van der Waals surface area contributed by atoms with E-state index in [0.717, 1.165) is 53.5 Å². The number of rotatable bonds is 9. The summed E-state index contributed by atoms with van der Waals surface area (Å²) >= 11 is 0. The predicted molar refractivity (Wildman–Crippen MR) is 158 cm³/mol. The number of aromatic nitrogens is 3. The van der Waals surface area contributed by atoms with Gasteiger partial charge in [0, 0.05) is 23.2 Å². The van der Waals surface area contributed by atoms with Crippen LogP contribution in [0.2, 0.25) is 0 Å². The zero-order valence-corrected chi connectivity index (χ0v) is 24.8. The third-order valence-electron chi connectivity index (χ3n) is 8.06. The van der Waals surface area contributed by atoms with Crippen LogP contribution in [-0.4, -0.2) is 41.0 Å². The molecule has 1 aliphatic carbocycles. The van der Waals surface area contributed by atoms with Crippen molar-refractivity contribution in [2.24, 2.45) is 5.41 Å². The maximum atomic E-state index is 15.5. The Morgan fingerprint density at radius 2 is 1.91 bits per heavy atom. The summed E-state index contributed by atoms with van der Waals surface area (Å²) < 4.78 is 63.4. The minimum absolute atomic E-state index is 0.0147. The van der Waals surface area contributed by atoms with E-state index in [1.165, 1.54) is 18.3 Å². The van der Waals surface area contributed by atoms with Gasteiger partial charge in [-0.15, -0.1) is 0 Å². The Morgan fingerprint density at radius 1 is 1.21 bits per heavy atom. The number of nitrogens with zero attached hydrogens (tertiary/aromatic N) is 4. The largest absolute Gasteiger partial charge is 0.466 e. The second-order valence-corrected chi connectivity index (χ2v) is 12.9. The Labute approximate surface area is 248 Å². The summed E-state index contributed by atoms with van der Waals surface area (Å²) in [7, 11) is -4.19. The zero-order valence-electron chi connectivity index (χ0n) is 24.0. The fraction of sp³-hybridized carbons (Fsp3) is 0.355. The monoisotopic (exact) mass is 607 g/mol. The van der Waals surface area contributed by atoms with Crippen LogP contribution in [0.3, 0.4) is 0 Å². The number of ether oxygens (including phenoxy) is 1. The van der Waals surface area contributed by atoms with E-state index in [0.29, 0.717) is 0 Å². The van der Waals surface area contributed by atoms with Crippen LogP contribution in [0.15, 0.2) is 53.7 Å². The summed E-state index contributed by atoms with van der Waals surface area (Å²) in [6, 6.07) is 7.80. The Bertz CT molecular complexity index is 1840. The highest BCUT2D eigenvalue weighted by Crippen LogP contribution is 2.44. The number of pyridine rings is 2. The molecule has 1 fully saturated rings. The third kappa shape index (κ3) is 5.82. The van der Waals surface area contributed by atoms with Crippen molar-refractivity contribution >= 4 is 38.5 Å². The maximum absolute atomic E-state index is 15.5. The Hall–Kier alpha value is -4.37. The lowest BCUT2D eigenvalue weighted by molar-refractivity contribution is -0.144. The average molecular weight is 608 g/mol. The number of nitrogens with one attached hydrogen (secondary N) is 1. The molecule has 1 aliphatic rings. The topological polar surface area (TPSA) is 108 Å². The van der Waals surface area contributed by atoms with Crippen LogP contribution < -0.4 is 5.32 Å². The first-order chi connectivity index (χ1) is 20.5. The van der Waals surface area contributed by atoms with Gasteiger partial charge in [-0.1, -0.05) is 37.5 Å².